The van der Waals surface area contributed by atoms with Gasteiger partial charge in [0.2, 0.25) is 0 Å². The van der Waals surface area contributed by atoms with E-state index in [9.17, 15) is 33.8 Å². The Balaban J connectivity index is 2.89. The Morgan fingerprint density at radius 2 is 1.71 bits per heavy atom. The van der Waals surface area contributed by atoms with Gasteiger partial charge in [0.25, 0.3) is 0 Å². The third-order valence-electron chi connectivity index (χ3n) is 3.92. The minimum Gasteiger partial charge on any atom is -0.376 e. The molecule has 2 unspecified atom stereocenters. The van der Waals surface area contributed by atoms with Crippen LogP contribution in [0.25, 0.3) is 6.08 Å². The van der Waals surface area contributed by atoms with Crippen molar-refractivity contribution in [3.05, 3.63) is 41.5 Å². The Hall–Kier alpha value is -0.780. The van der Waals surface area contributed by atoms with E-state index in [0.29, 0.717) is 5.56 Å². The molecule has 1 aromatic rings. The fourth-order valence-corrected chi connectivity index (χ4v) is 6.07. The first kappa shape index (κ1) is 16.6. The molecule has 0 saturated carbocycles. The van der Waals surface area contributed by atoms with Gasteiger partial charge in [-0.15, -0.1) is 0 Å². The summed E-state index contributed by atoms with van der Waals surface area (Å²) in [6.45, 7) is 1.27. The summed E-state index contributed by atoms with van der Waals surface area (Å²) in [5.74, 6) is 0. The third-order valence-corrected chi connectivity index (χ3v) is 7.41. The van der Waals surface area contributed by atoms with Gasteiger partial charge in [-0.1, -0.05) is 43.3 Å². The van der Waals surface area contributed by atoms with Crippen molar-refractivity contribution in [2.75, 3.05) is 0 Å². The molecule has 0 aliphatic heterocycles. The molecule has 21 heavy (non-hydrogen) atoms. The number of hydrogen-bond acceptors (Lipinski definition) is 3. The highest BCUT2D eigenvalue weighted by atomic mass is 31.2. The van der Waals surface area contributed by atoms with Crippen molar-refractivity contribution in [3.8, 4) is 0 Å². The molecule has 0 fully saturated rings. The SMILES string of the molecule is CCC(O)(C1(P(=O)(O)O)C=Cc2ccccc21)P(=O)(O)O. The van der Waals surface area contributed by atoms with Gasteiger partial charge < -0.3 is 24.7 Å². The molecule has 5 N–H and O–H groups in total. The average molecular weight is 334 g/mol. The van der Waals surface area contributed by atoms with E-state index in [1.165, 1.54) is 25.1 Å². The van der Waals surface area contributed by atoms with Crippen LogP contribution in [0.1, 0.15) is 24.5 Å². The zero-order valence-electron chi connectivity index (χ0n) is 11.1. The largest absolute Gasteiger partial charge is 0.376 e. The van der Waals surface area contributed by atoms with E-state index in [4.69, 9.17) is 0 Å². The summed E-state index contributed by atoms with van der Waals surface area (Å²) in [5.41, 5.74) is 0.409. The summed E-state index contributed by atoms with van der Waals surface area (Å²) in [4.78, 5) is 38.7. The molecule has 116 valence electrons. The van der Waals surface area contributed by atoms with Crippen LogP contribution in [-0.2, 0) is 14.3 Å². The minimum atomic E-state index is -5.24. The van der Waals surface area contributed by atoms with Crippen LogP contribution in [0.15, 0.2) is 30.3 Å². The maximum Gasteiger partial charge on any atom is 0.358 e. The zero-order chi connectivity index (χ0) is 16.1. The lowest BCUT2D eigenvalue weighted by Crippen LogP contribution is -2.49. The summed E-state index contributed by atoms with van der Waals surface area (Å²) in [5, 5.41) is 5.21. The molecule has 9 heteroatoms. The van der Waals surface area contributed by atoms with E-state index in [1.807, 2.05) is 0 Å². The molecule has 1 aliphatic carbocycles. The maximum atomic E-state index is 12.1. The van der Waals surface area contributed by atoms with Crippen LogP contribution < -0.4 is 0 Å². The standard InChI is InChI=1S/C12H16O7P2/c1-2-12(13,21(17,18)19)11(20(14,15)16)8-7-9-5-3-4-6-10(9)11/h3-8,13H,2H2,1H3,(H2,14,15,16)(H2,17,18,19). The highest BCUT2D eigenvalue weighted by molar-refractivity contribution is 7.58. The number of benzene rings is 1. The highest BCUT2D eigenvalue weighted by Crippen LogP contribution is 2.74. The van der Waals surface area contributed by atoms with E-state index in [0.717, 1.165) is 6.08 Å². The fourth-order valence-electron chi connectivity index (χ4n) is 2.82. The number of hydrogen-bond donors (Lipinski definition) is 5. The predicted octanol–water partition coefficient (Wildman–Crippen LogP) is 1.36. The van der Waals surface area contributed by atoms with Crippen molar-refractivity contribution < 1.29 is 33.8 Å². The predicted molar refractivity (Wildman–Crippen MR) is 76.5 cm³/mol. The lowest BCUT2D eigenvalue weighted by atomic mass is 9.92. The van der Waals surface area contributed by atoms with E-state index in [2.05, 4.69) is 0 Å². The Kier molecular flexibility index (Phi) is 3.84. The zero-order valence-corrected chi connectivity index (χ0v) is 12.9. The van der Waals surface area contributed by atoms with Crippen molar-refractivity contribution in [2.45, 2.75) is 23.8 Å². The van der Waals surface area contributed by atoms with Gasteiger partial charge in [0.1, 0.15) is 0 Å². The second kappa shape index (κ2) is 4.86. The van der Waals surface area contributed by atoms with Crippen LogP contribution in [0.5, 0.6) is 0 Å². The smallest absolute Gasteiger partial charge is 0.358 e. The van der Waals surface area contributed by atoms with Gasteiger partial charge >= 0.3 is 15.2 Å². The summed E-state index contributed by atoms with van der Waals surface area (Å²) >= 11 is 0. The maximum absolute atomic E-state index is 12.1. The Bertz CT molecular complexity index is 689. The molecule has 1 aliphatic rings. The van der Waals surface area contributed by atoms with Crippen molar-refractivity contribution >= 4 is 21.3 Å². The van der Waals surface area contributed by atoms with Gasteiger partial charge in [0.15, 0.2) is 10.5 Å². The van der Waals surface area contributed by atoms with Gasteiger partial charge in [-0.25, -0.2) is 0 Å². The molecular weight excluding hydrogens is 318 g/mol. The molecule has 0 aromatic heterocycles. The van der Waals surface area contributed by atoms with E-state index in [1.54, 1.807) is 12.1 Å². The molecule has 0 saturated heterocycles. The minimum absolute atomic E-state index is 0.00556. The molecule has 7 nitrogen and oxygen atoms in total. The highest BCUT2D eigenvalue weighted by Gasteiger charge is 2.69. The lowest BCUT2D eigenvalue weighted by Gasteiger charge is -2.43. The fraction of sp³-hybridized carbons (Fsp3) is 0.333. The first-order chi connectivity index (χ1) is 9.51. The van der Waals surface area contributed by atoms with Crippen molar-refractivity contribution in [3.63, 3.8) is 0 Å². The molecule has 0 amide bonds. The van der Waals surface area contributed by atoms with Crippen molar-refractivity contribution in [1.82, 2.24) is 0 Å². The van der Waals surface area contributed by atoms with Gasteiger partial charge in [-0.05, 0) is 17.5 Å². The second-order valence-electron chi connectivity index (χ2n) is 4.95. The molecular formula is C12H16O7P2. The molecule has 1 aromatic carbocycles. The van der Waals surface area contributed by atoms with Crippen molar-refractivity contribution in [2.24, 2.45) is 0 Å². The molecule has 0 radical (unpaired) electrons. The van der Waals surface area contributed by atoms with Gasteiger partial charge in [-0.3, -0.25) is 9.13 Å². The summed E-state index contributed by atoms with van der Waals surface area (Å²) in [6, 6.07) is 6.02. The number of aliphatic hydroxyl groups is 1. The molecule has 2 atom stereocenters. The molecule has 0 bridgehead atoms. The first-order valence-corrected chi connectivity index (χ1v) is 9.36. The van der Waals surface area contributed by atoms with Gasteiger partial charge in [0.05, 0.1) is 0 Å². The van der Waals surface area contributed by atoms with Crippen LogP contribution in [0.4, 0.5) is 0 Å². The quantitative estimate of drug-likeness (QED) is 0.525. The summed E-state index contributed by atoms with van der Waals surface area (Å²) < 4.78 is 23.9. The Morgan fingerprint density at radius 3 is 2.19 bits per heavy atom. The Labute approximate surface area is 121 Å². The third kappa shape index (κ3) is 2.09. The first-order valence-electron chi connectivity index (χ1n) is 6.13. The average Bonchev–Trinajstić information content (AvgIpc) is 2.76. The van der Waals surface area contributed by atoms with E-state index >= 15 is 0 Å². The molecule has 2 rings (SSSR count). The number of fused-ring (bicyclic) bond motifs is 1. The summed E-state index contributed by atoms with van der Waals surface area (Å²) in [7, 11) is -10.4. The van der Waals surface area contributed by atoms with Crippen LogP contribution in [0.3, 0.4) is 0 Å². The lowest BCUT2D eigenvalue weighted by molar-refractivity contribution is 0.0499. The van der Waals surface area contributed by atoms with E-state index < -0.39 is 32.1 Å². The topological polar surface area (TPSA) is 135 Å². The van der Waals surface area contributed by atoms with Crippen molar-refractivity contribution in [1.29, 1.82) is 0 Å². The number of rotatable bonds is 4. The van der Waals surface area contributed by atoms with Gasteiger partial charge in [0, 0.05) is 0 Å². The second-order valence-corrected chi connectivity index (χ2v) is 8.57. The van der Waals surface area contributed by atoms with E-state index in [-0.39, 0.29) is 5.56 Å². The molecule has 0 spiro atoms. The van der Waals surface area contributed by atoms with Gasteiger partial charge in [-0.2, -0.15) is 0 Å². The van der Waals surface area contributed by atoms with Crippen LogP contribution >= 0.6 is 15.2 Å². The van der Waals surface area contributed by atoms with Crippen LogP contribution in [0, 0.1) is 0 Å². The van der Waals surface area contributed by atoms with Crippen LogP contribution in [0.2, 0.25) is 0 Å². The molecule has 0 heterocycles. The Morgan fingerprint density at radius 1 is 1.14 bits per heavy atom. The monoisotopic (exact) mass is 334 g/mol. The normalized spacial score (nSPS) is 24.7. The summed E-state index contributed by atoms with van der Waals surface area (Å²) in [6.07, 6.45) is 1.83. The van der Waals surface area contributed by atoms with Crippen LogP contribution in [-0.4, -0.2) is 30.0 Å².